The lowest BCUT2D eigenvalue weighted by atomic mass is 10.1. The summed E-state index contributed by atoms with van der Waals surface area (Å²) in [6, 6.07) is 7.56. The molecule has 0 fully saturated rings. The van der Waals surface area contributed by atoms with Gasteiger partial charge in [0.1, 0.15) is 5.69 Å². The van der Waals surface area contributed by atoms with Crippen molar-refractivity contribution in [1.82, 2.24) is 15.1 Å². The minimum Gasteiger partial charge on any atom is -0.493 e. The van der Waals surface area contributed by atoms with E-state index in [1.165, 1.54) is 0 Å². The molecule has 1 aromatic carbocycles. The van der Waals surface area contributed by atoms with E-state index in [1.54, 1.807) is 25.0 Å². The van der Waals surface area contributed by atoms with Crippen molar-refractivity contribution in [1.29, 1.82) is 0 Å². The average molecular weight is 317 g/mol. The Bertz CT molecular complexity index is 680. The highest BCUT2D eigenvalue weighted by Gasteiger charge is 2.12. The molecule has 0 aliphatic rings. The van der Waals surface area contributed by atoms with Gasteiger partial charge in [-0.2, -0.15) is 5.10 Å². The number of aromatic nitrogens is 2. The van der Waals surface area contributed by atoms with Crippen LogP contribution >= 0.6 is 0 Å². The first-order valence-electron chi connectivity index (χ1n) is 7.62. The van der Waals surface area contributed by atoms with Gasteiger partial charge >= 0.3 is 0 Å². The molecule has 1 heterocycles. The Morgan fingerprint density at radius 2 is 1.96 bits per heavy atom. The van der Waals surface area contributed by atoms with Crippen LogP contribution in [0.3, 0.4) is 0 Å². The highest BCUT2D eigenvalue weighted by Crippen LogP contribution is 2.27. The van der Waals surface area contributed by atoms with Gasteiger partial charge in [-0.15, -0.1) is 0 Å². The smallest absolute Gasteiger partial charge is 0.269 e. The highest BCUT2D eigenvalue weighted by atomic mass is 16.5. The van der Waals surface area contributed by atoms with E-state index in [9.17, 15) is 4.79 Å². The van der Waals surface area contributed by atoms with E-state index in [-0.39, 0.29) is 5.91 Å². The van der Waals surface area contributed by atoms with Gasteiger partial charge in [0.05, 0.1) is 19.9 Å². The molecule has 1 amide bonds. The van der Waals surface area contributed by atoms with Crippen molar-refractivity contribution in [2.24, 2.45) is 0 Å². The fourth-order valence-electron chi connectivity index (χ4n) is 2.42. The number of nitrogens with zero attached hydrogens (tertiary/aromatic N) is 2. The number of hydrogen-bond donors (Lipinski definition) is 1. The van der Waals surface area contributed by atoms with E-state index in [4.69, 9.17) is 9.47 Å². The maximum atomic E-state index is 12.2. The van der Waals surface area contributed by atoms with E-state index in [0.29, 0.717) is 36.7 Å². The number of amides is 1. The Hall–Kier alpha value is -2.50. The van der Waals surface area contributed by atoms with Crippen LogP contribution in [0.1, 0.15) is 28.7 Å². The molecule has 1 N–H and O–H groups in total. The maximum absolute atomic E-state index is 12.2. The Labute approximate surface area is 136 Å². The van der Waals surface area contributed by atoms with Crippen molar-refractivity contribution in [2.45, 2.75) is 26.8 Å². The molecule has 2 aromatic rings. The van der Waals surface area contributed by atoms with Crippen molar-refractivity contribution >= 4 is 5.91 Å². The Morgan fingerprint density at radius 1 is 1.22 bits per heavy atom. The lowest BCUT2D eigenvalue weighted by Gasteiger charge is -2.10. The van der Waals surface area contributed by atoms with Crippen LogP contribution in [0.15, 0.2) is 24.3 Å². The summed E-state index contributed by atoms with van der Waals surface area (Å²) >= 11 is 0. The molecule has 2 rings (SSSR count). The van der Waals surface area contributed by atoms with Crippen molar-refractivity contribution in [3.8, 4) is 11.5 Å². The lowest BCUT2D eigenvalue weighted by molar-refractivity contribution is 0.0943. The topological polar surface area (TPSA) is 65.4 Å². The normalized spacial score (nSPS) is 10.4. The summed E-state index contributed by atoms with van der Waals surface area (Å²) in [5.41, 5.74) is 2.51. The standard InChI is InChI=1S/C17H23N3O3/c1-5-20-14(10-12(2)19-20)17(21)18-9-8-13-6-7-15(22-3)16(11-13)23-4/h6-7,10-11H,5,8-9H2,1-4H3,(H,18,21). The summed E-state index contributed by atoms with van der Waals surface area (Å²) < 4.78 is 12.2. The fraction of sp³-hybridized carbons (Fsp3) is 0.412. The molecule has 23 heavy (non-hydrogen) atoms. The fourth-order valence-corrected chi connectivity index (χ4v) is 2.42. The molecule has 0 aliphatic carbocycles. The molecule has 6 heteroatoms. The first-order chi connectivity index (χ1) is 11.1. The van der Waals surface area contributed by atoms with E-state index in [0.717, 1.165) is 11.3 Å². The summed E-state index contributed by atoms with van der Waals surface area (Å²) in [5, 5.41) is 7.21. The molecule has 6 nitrogen and oxygen atoms in total. The van der Waals surface area contributed by atoms with Crippen molar-refractivity contribution in [3.05, 3.63) is 41.2 Å². The second-order valence-electron chi connectivity index (χ2n) is 5.18. The molecule has 0 saturated carbocycles. The molecular weight excluding hydrogens is 294 g/mol. The van der Waals surface area contributed by atoms with Crippen LogP contribution in [0.2, 0.25) is 0 Å². The first kappa shape index (κ1) is 16.9. The zero-order chi connectivity index (χ0) is 16.8. The van der Waals surface area contributed by atoms with Crippen molar-refractivity contribution in [2.75, 3.05) is 20.8 Å². The molecule has 124 valence electrons. The SMILES string of the molecule is CCn1nc(C)cc1C(=O)NCCc1ccc(OC)c(OC)c1. The third-order valence-corrected chi connectivity index (χ3v) is 3.58. The highest BCUT2D eigenvalue weighted by molar-refractivity contribution is 5.92. The quantitative estimate of drug-likeness (QED) is 0.850. The summed E-state index contributed by atoms with van der Waals surface area (Å²) in [7, 11) is 3.22. The minimum atomic E-state index is -0.104. The summed E-state index contributed by atoms with van der Waals surface area (Å²) in [6.07, 6.45) is 0.714. The van der Waals surface area contributed by atoms with Gasteiger partial charge in [0.25, 0.3) is 5.91 Å². The van der Waals surface area contributed by atoms with Gasteiger partial charge in [0.2, 0.25) is 0 Å². The molecule has 0 aliphatic heterocycles. The molecule has 0 radical (unpaired) electrons. The number of ether oxygens (including phenoxy) is 2. The van der Waals surface area contributed by atoms with Crippen LogP contribution < -0.4 is 14.8 Å². The maximum Gasteiger partial charge on any atom is 0.269 e. The number of hydrogen-bond acceptors (Lipinski definition) is 4. The van der Waals surface area contributed by atoms with E-state index in [2.05, 4.69) is 10.4 Å². The number of methoxy groups -OCH3 is 2. The summed E-state index contributed by atoms with van der Waals surface area (Å²) in [4.78, 5) is 12.2. The van der Waals surface area contributed by atoms with Gasteiger partial charge in [-0.3, -0.25) is 9.48 Å². The number of carbonyl (C=O) groups excluding carboxylic acids is 1. The number of rotatable bonds is 7. The second kappa shape index (κ2) is 7.67. The second-order valence-corrected chi connectivity index (χ2v) is 5.18. The molecule has 0 spiro atoms. The van der Waals surface area contributed by atoms with Crippen LogP contribution in [0, 0.1) is 6.92 Å². The average Bonchev–Trinajstić information content (AvgIpc) is 2.95. The monoisotopic (exact) mass is 317 g/mol. The first-order valence-corrected chi connectivity index (χ1v) is 7.62. The van der Waals surface area contributed by atoms with E-state index in [1.807, 2.05) is 32.0 Å². The molecule has 0 bridgehead atoms. The van der Waals surface area contributed by atoms with Crippen LogP contribution in [0.25, 0.3) is 0 Å². The van der Waals surface area contributed by atoms with E-state index < -0.39 is 0 Å². The van der Waals surface area contributed by atoms with E-state index >= 15 is 0 Å². The largest absolute Gasteiger partial charge is 0.493 e. The predicted molar refractivity (Wildman–Crippen MR) is 88.2 cm³/mol. The number of benzene rings is 1. The van der Waals surface area contributed by atoms with Crippen LogP contribution in [-0.4, -0.2) is 36.5 Å². The van der Waals surface area contributed by atoms with Crippen LogP contribution in [0.4, 0.5) is 0 Å². The van der Waals surface area contributed by atoms with Crippen LogP contribution in [-0.2, 0) is 13.0 Å². The molecule has 0 atom stereocenters. The number of aryl methyl sites for hydroxylation is 2. The molecular formula is C17H23N3O3. The van der Waals surface area contributed by atoms with Gasteiger partial charge < -0.3 is 14.8 Å². The summed E-state index contributed by atoms with van der Waals surface area (Å²) in [5.74, 6) is 1.28. The third-order valence-electron chi connectivity index (χ3n) is 3.58. The Morgan fingerprint density at radius 3 is 2.61 bits per heavy atom. The third kappa shape index (κ3) is 4.03. The molecule has 0 saturated heterocycles. The zero-order valence-electron chi connectivity index (χ0n) is 14.0. The van der Waals surface area contributed by atoms with Crippen LogP contribution in [0.5, 0.6) is 11.5 Å². The number of carbonyl (C=O) groups is 1. The lowest BCUT2D eigenvalue weighted by Crippen LogP contribution is -2.28. The Kier molecular flexibility index (Phi) is 5.62. The minimum absolute atomic E-state index is 0.104. The summed E-state index contributed by atoms with van der Waals surface area (Å²) in [6.45, 7) is 5.06. The van der Waals surface area contributed by atoms with Gasteiger partial charge in [0.15, 0.2) is 11.5 Å². The van der Waals surface area contributed by atoms with Gasteiger partial charge in [0, 0.05) is 13.1 Å². The molecule has 1 aromatic heterocycles. The van der Waals surface area contributed by atoms with Gasteiger partial charge in [-0.25, -0.2) is 0 Å². The molecule has 0 unspecified atom stereocenters. The zero-order valence-corrected chi connectivity index (χ0v) is 14.0. The van der Waals surface area contributed by atoms with Gasteiger partial charge in [-0.05, 0) is 44.0 Å². The van der Waals surface area contributed by atoms with Crippen molar-refractivity contribution in [3.63, 3.8) is 0 Å². The van der Waals surface area contributed by atoms with Gasteiger partial charge in [-0.1, -0.05) is 6.07 Å². The number of nitrogens with one attached hydrogen (secondary N) is 1. The predicted octanol–water partition coefficient (Wildman–Crippen LogP) is 2.20. The van der Waals surface area contributed by atoms with Crippen molar-refractivity contribution < 1.29 is 14.3 Å². The Balaban J connectivity index is 1.95.